The minimum atomic E-state index is -4.39. The maximum atomic E-state index is 12.9. The third-order valence-electron chi connectivity index (χ3n) is 5.69. The van der Waals surface area contributed by atoms with Gasteiger partial charge >= 0.3 is 6.18 Å². The first-order valence-corrected chi connectivity index (χ1v) is 10.8. The van der Waals surface area contributed by atoms with E-state index in [1.165, 1.54) is 23.5 Å². The maximum Gasteiger partial charge on any atom is 0.416 e. The Labute approximate surface area is 191 Å². The Morgan fingerprint density at radius 3 is 2.33 bits per heavy atom. The first kappa shape index (κ1) is 22.6. The van der Waals surface area contributed by atoms with E-state index in [4.69, 9.17) is 0 Å². The van der Waals surface area contributed by atoms with Crippen LogP contribution in [0.25, 0.3) is 27.6 Å². The predicted octanol–water partition coefficient (Wildman–Crippen LogP) is 5.54. The van der Waals surface area contributed by atoms with Gasteiger partial charge in [0.1, 0.15) is 11.6 Å². The summed E-state index contributed by atoms with van der Waals surface area (Å²) in [6.07, 6.45) is -2.71. The maximum absolute atomic E-state index is 12.9. The van der Waals surface area contributed by atoms with Crippen molar-refractivity contribution in [1.29, 1.82) is 5.26 Å². The molecule has 9 heteroatoms. The fourth-order valence-electron chi connectivity index (χ4n) is 3.87. The van der Waals surface area contributed by atoms with Crippen LogP contribution in [0.2, 0.25) is 0 Å². The van der Waals surface area contributed by atoms with Crippen molar-refractivity contribution in [3.05, 3.63) is 63.6 Å². The van der Waals surface area contributed by atoms with E-state index >= 15 is 0 Å². The summed E-state index contributed by atoms with van der Waals surface area (Å²) in [5, 5.41) is 9.38. The van der Waals surface area contributed by atoms with E-state index < -0.39 is 23.6 Å². The second-order valence-electron chi connectivity index (χ2n) is 7.59. The Kier molecular flexibility index (Phi) is 5.50. The zero-order valence-electron chi connectivity index (χ0n) is 17.9. The van der Waals surface area contributed by atoms with Crippen LogP contribution in [-0.2, 0) is 22.8 Å². The molecule has 0 atom stereocenters. The minimum Gasteiger partial charge on any atom is -0.343 e. The number of halogens is 3. The average Bonchev–Trinajstić information content (AvgIpc) is 3.30. The molecule has 0 N–H and O–H groups in total. The van der Waals surface area contributed by atoms with Crippen LogP contribution in [0.5, 0.6) is 0 Å². The number of alkyl halides is 3. The highest BCUT2D eigenvalue weighted by atomic mass is 32.1. The van der Waals surface area contributed by atoms with Crippen LogP contribution in [0, 0.1) is 11.3 Å². The Morgan fingerprint density at radius 1 is 1.12 bits per heavy atom. The molecule has 0 bridgehead atoms. The van der Waals surface area contributed by atoms with Gasteiger partial charge in [0.25, 0.3) is 11.8 Å². The molecule has 0 saturated heterocycles. The first-order chi connectivity index (χ1) is 15.6. The lowest BCUT2D eigenvalue weighted by Crippen LogP contribution is -2.42. The van der Waals surface area contributed by atoms with Crippen LogP contribution < -0.4 is 0 Å². The number of benzene rings is 1. The van der Waals surface area contributed by atoms with Crippen LogP contribution in [0.4, 0.5) is 13.2 Å². The number of imide groups is 1. The number of carbonyl (C=O) groups is 2. The van der Waals surface area contributed by atoms with Crippen LogP contribution in [0.1, 0.15) is 24.3 Å². The number of aromatic nitrogens is 1. The third kappa shape index (κ3) is 3.76. The molecule has 0 radical (unpaired) electrons. The topological polar surface area (TPSA) is 66.1 Å². The van der Waals surface area contributed by atoms with Crippen LogP contribution in [-0.4, -0.2) is 27.8 Å². The lowest BCUT2D eigenvalue weighted by atomic mass is 9.95. The van der Waals surface area contributed by atoms with E-state index in [1.807, 2.05) is 29.8 Å². The average molecular weight is 469 g/mol. The summed E-state index contributed by atoms with van der Waals surface area (Å²) >= 11 is 1.41. The fraction of sp³-hybridized carbons (Fsp3) is 0.208. The summed E-state index contributed by atoms with van der Waals surface area (Å²) in [5.74, 6) is -1.03. The Balaban J connectivity index is 1.74. The van der Waals surface area contributed by atoms with E-state index in [2.05, 4.69) is 0 Å². The van der Waals surface area contributed by atoms with Crippen LogP contribution in [0.3, 0.4) is 0 Å². The summed E-state index contributed by atoms with van der Waals surface area (Å²) in [4.78, 5) is 27.0. The standard InChI is InChI=1S/C24H18F3N3O2S/c1-4-30-22(31)17(13(2)18(12-28)23(30)32)9-16-10-20-21(33-16)11-19(29(20)3)14-5-7-15(8-6-14)24(25,26)27/h5-11H,4H2,1-3H3/b17-9-. The van der Waals surface area contributed by atoms with E-state index in [9.17, 15) is 28.0 Å². The molecule has 0 saturated carbocycles. The molecular formula is C24H18F3N3O2S. The van der Waals surface area contributed by atoms with Gasteiger partial charge in [-0.1, -0.05) is 12.1 Å². The molecule has 4 rings (SSSR count). The predicted molar refractivity (Wildman–Crippen MR) is 120 cm³/mol. The van der Waals surface area contributed by atoms with E-state index in [1.54, 1.807) is 19.9 Å². The van der Waals surface area contributed by atoms with Crippen molar-refractivity contribution in [2.45, 2.75) is 20.0 Å². The third-order valence-corrected chi connectivity index (χ3v) is 6.70. The summed E-state index contributed by atoms with van der Waals surface area (Å²) in [6.45, 7) is 3.42. The van der Waals surface area contributed by atoms with Crippen molar-refractivity contribution in [1.82, 2.24) is 9.47 Å². The zero-order chi connectivity index (χ0) is 24.1. The molecule has 1 aliphatic heterocycles. The molecule has 0 spiro atoms. The SMILES string of the molecule is CCN1C(=O)C(C#N)=C(C)/C(=C/c2cc3c(cc(-c4ccc(C(F)(F)F)cc4)n3C)s2)C1=O. The first-order valence-electron chi connectivity index (χ1n) is 10.0. The lowest BCUT2D eigenvalue weighted by Gasteiger charge is -2.26. The van der Waals surface area contributed by atoms with E-state index in [0.29, 0.717) is 16.7 Å². The molecule has 0 fully saturated rings. The number of thiophene rings is 1. The minimum absolute atomic E-state index is 0.0478. The molecule has 0 unspecified atom stereocenters. The van der Waals surface area contributed by atoms with Gasteiger partial charge < -0.3 is 4.57 Å². The smallest absolute Gasteiger partial charge is 0.343 e. The van der Waals surface area contributed by atoms with Gasteiger partial charge in [0.05, 0.1) is 15.8 Å². The molecule has 2 amide bonds. The molecule has 168 valence electrons. The van der Waals surface area contributed by atoms with Gasteiger partial charge in [-0.3, -0.25) is 14.5 Å². The Hall–Kier alpha value is -3.64. The summed E-state index contributed by atoms with van der Waals surface area (Å²) in [7, 11) is 1.82. The summed E-state index contributed by atoms with van der Waals surface area (Å²) < 4.78 is 41.3. The van der Waals surface area contributed by atoms with Gasteiger partial charge in [-0.15, -0.1) is 11.3 Å². The Morgan fingerprint density at radius 2 is 1.79 bits per heavy atom. The zero-order valence-corrected chi connectivity index (χ0v) is 18.8. The van der Waals surface area contributed by atoms with Gasteiger partial charge in [-0.05, 0) is 55.3 Å². The second kappa shape index (κ2) is 8.05. The van der Waals surface area contributed by atoms with Crippen molar-refractivity contribution >= 4 is 39.4 Å². The molecule has 1 aromatic carbocycles. The van der Waals surface area contributed by atoms with Crippen LogP contribution in [0.15, 0.2) is 53.1 Å². The molecule has 33 heavy (non-hydrogen) atoms. The molecule has 0 aliphatic carbocycles. The molecule has 3 aromatic rings. The van der Waals surface area contributed by atoms with Gasteiger partial charge in [0, 0.05) is 29.7 Å². The Bertz CT molecular complexity index is 1400. The number of amides is 2. The van der Waals surface area contributed by atoms with Gasteiger partial charge in [0.15, 0.2) is 0 Å². The van der Waals surface area contributed by atoms with Crippen LogP contribution >= 0.6 is 11.3 Å². The monoisotopic (exact) mass is 469 g/mol. The largest absolute Gasteiger partial charge is 0.416 e. The molecule has 3 heterocycles. The van der Waals surface area contributed by atoms with E-state index in [0.717, 1.165) is 37.8 Å². The number of likely N-dealkylation sites (N-methyl/N-ethyl adjacent to an activating group) is 1. The summed E-state index contributed by atoms with van der Waals surface area (Å²) in [6, 6.07) is 10.7. The second-order valence-corrected chi connectivity index (χ2v) is 8.70. The lowest BCUT2D eigenvalue weighted by molar-refractivity contribution is -0.140. The van der Waals surface area contributed by atoms with E-state index in [-0.39, 0.29) is 12.1 Å². The highest BCUT2D eigenvalue weighted by molar-refractivity contribution is 7.19. The van der Waals surface area contributed by atoms with Crippen molar-refractivity contribution in [3.63, 3.8) is 0 Å². The molecule has 2 aromatic heterocycles. The normalized spacial score (nSPS) is 16.3. The molecule has 1 aliphatic rings. The van der Waals surface area contributed by atoms with Crippen molar-refractivity contribution in [2.75, 3.05) is 6.54 Å². The number of nitrogens with zero attached hydrogens (tertiary/aromatic N) is 3. The quantitative estimate of drug-likeness (QED) is 0.374. The number of hydrogen-bond donors (Lipinski definition) is 0. The van der Waals surface area contributed by atoms with Gasteiger partial charge in [-0.25, -0.2) is 0 Å². The number of carbonyl (C=O) groups excluding carboxylic acids is 2. The number of rotatable bonds is 3. The van der Waals surface area contributed by atoms with Gasteiger partial charge in [0.2, 0.25) is 0 Å². The number of hydrogen-bond acceptors (Lipinski definition) is 4. The molecular weight excluding hydrogens is 451 g/mol. The van der Waals surface area contributed by atoms with Gasteiger partial charge in [-0.2, -0.15) is 18.4 Å². The highest BCUT2D eigenvalue weighted by Gasteiger charge is 2.34. The highest BCUT2D eigenvalue weighted by Crippen LogP contribution is 2.37. The molecule has 5 nitrogen and oxygen atoms in total. The fourth-order valence-corrected chi connectivity index (χ4v) is 4.94. The van der Waals surface area contributed by atoms with Crippen molar-refractivity contribution in [2.24, 2.45) is 7.05 Å². The number of aryl methyl sites for hydroxylation is 1. The van der Waals surface area contributed by atoms with Crippen molar-refractivity contribution < 1.29 is 22.8 Å². The number of nitriles is 1. The number of fused-ring (bicyclic) bond motifs is 1. The summed E-state index contributed by atoms with van der Waals surface area (Å²) in [5.41, 5.74) is 2.18. The van der Waals surface area contributed by atoms with Crippen molar-refractivity contribution in [3.8, 4) is 17.3 Å².